The maximum atomic E-state index is 12.3. The smallest absolute Gasteiger partial charge is 0.311 e. The van der Waals surface area contributed by atoms with E-state index in [0.717, 1.165) is 42.4 Å². The Morgan fingerprint density at radius 2 is 1.45 bits per heavy atom. The zero-order valence-corrected chi connectivity index (χ0v) is 19.9. The van der Waals surface area contributed by atoms with Crippen LogP contribution in [0.3, 0.4) is 0 Å². The van der Waals surface area contributed by atoms with Crippen LogP contribution in [0.5, 0.6) is 0 Å². The van der Waals surface area contributed by atoms with Gasteiger partial charge < -0.3 is 14.2 Å². The molecular weight excluding hydrogens is 392 g/mol. The van der Waals surface area contributed by atoms with Crippen LogP contribution >= 0.6 is 0 Å². The van der Waals surface area contributed by atoms with E-state index < -0.39 is 0 Å². The number of fused-ring (bicyclic) bond motifs is 2. The average Bonchev–Trinajstić information content (AvgIpc) is 3.38. The van der Waals surface area contributed by atoms with Crippen molar-refractivity contribution in [3.8, 4) is 0 Å². The minimum atomic E-state index is -0.311. The maximum absolute atomic E-state index is 12.3. The lowest BCUT2D eigenvalue weighted by molar-refractivity contribution is -0.190. The first-order valence-corrected chi connectivity index (χ1v) is 12.7. The number of carbonyl (C=O) groups excluding carboxylic acids is 2. The fourth-order valence-electron chi connectivity index (χ4n) is 7.38. The molecule has 0 aromatic heterocycles. The van der Waals surface area contributed by atoms with Gasteiger partial charge in [0.2, 0.25) is 0 Å². The molecule has 0 saturated heterocycles. The van der Waals surface area contributed by atoms with Gasteiger partial charge >= 0.3 is 11.9 Å². The van der Waals surface area contributed by atoms with Crippen LogP contribution in [0.4, 0.5) is 0 Å². The van der Waals surface area contributed by atoms with E-state index in [1.807, 2.05) is 20.8 Å². The Hall–Kier alpha value is -1.10. The molecular formula is C26H42O5. The van der Waals surface area contributed by atoms with Crippen LogP contribution in [0, 0.1) is 46.8 Å². The van der Waals surface area contributed by atoms with Gasteiger partial charge in [-0.25, -0.2) is 0 Å². The molecule has 6 aliphatic rings. The highest BCUT2D eigenvalue weighted by molar-refractivity contribution is 5.75. The number of methoxy groups -OCH3 is 1. The van der Waals surface area contributed by atoms with Gasteiger partial charge in [0.1, 0.15) is 0 Å². The minimum absolute atomic E-state index is 0.0241. The fourth-order valence-corrected chi connectivity index (χ4v) is 7.38. The molecule has 5 heteroatoms. The predicted octanol–water partition coefficient (Wildman–Crippen LogP) is 5.36. The van der Waals surface area contributed by atoms with Gasteiger partial charge in [0.15, 0.2) is 6.79 Å². The van der Waals surface area contributed by atoms with E-state index in [9.17, 15) is 9.59 Å². The Kier molecular flexibility index (Phi) is 7.00. The lowest BCUT2D eigenvalue weighted by Crippen LogP contribution is -2.49. The highest BCUT2D eigenvalue weighted by atomic mass is 16.7. The van der Waals surface area contributed by atoms with Crippen molar-refractivity contribution in [2.75, 3.05) is 13.9 Å². The van der Waals surface area contributed by atoms with E-state index in [2.05, 4.69) is 4.74 Å². The number of esters is 2. The van der Waals surface area contributed by atoms with Crippen molar-refractivity contribution in [1.82, 2.24) is 0 Å². The molecule has 5 nitrogen and oxygen atoms in total. The third-order valence-electron chi connectivity index (χ3n) is 9.26. The Bertz CT molecular complexity index is 628. The van der Waals surface area contributed by atoms with Crippen molar-refractivity contribution >= 4 is 11.9 Å². The van der Waals surface area contributed by atoms with E-state index in [4.69, 9.17) is 9.47 Å². The summed E-state index contributed by atoms with van der Waals surface area (Å²) in [6, 6.07) is 0. The van der Waals surface area contributed by atoms with Gasteiger partial charge in [0.25, 0.3) is 0 Å². The fraction of sp³-hybridized carbons (Fsp3) is 0.923. The summed E-state index contributed by atoms with van der Waals surface area (Å²) in [6.45, 7) is 5.92. The molecule has 0 aromatic carbocycles. The second kappa shape index (κ2) is 9.41. The van der Waals surface area contributed by atoms with Crippen LogP contribution in [0.15, 0.2) is 0 Å². The second-order valence-corrected chi connectivity index (χ2v) is 11.7. The van der Waals surface area contributed by atoms with Crippen molar-refractivity contribution in [1.29, 1.82) is 0 Å². The Morgan fingerprint density at radius 1 is 0.839 bits per heavy atom. The molecule has 176 valence electrons. The van der Waals surface area contributed by atoms with Crippen LogP contribution in [0.25, 0.3) is 0 Å². The van der Waals surface area contributed by atoms with Gasteiger partial charge in [-0.3, -0.25) is 9.59 Å². The third-order valence-corrected chi connectivity index (χ3v) is 9.26. The molecule has 31 heavy (non-hydrogen) atoms. The van der Waals surface area contributed by atoms with Gasteiger partial charge in [0, 0.05) is 0 Å². The molecule has 3 unspecified atom stereocenters. The SMILES string of the molecule is CCC(C)(C)C(=O)OC.O=C(OCOC1C2CC3CC(C2)CC1C3)C1CC2CCC1C2. The zero-order chi connectivity index (χ0) is 22.2. The molecule has 0 radical (unpaired) electrons. The van der Waals surface area contributed by atoms with E-state index >= 15 is 0 Å². The molecule has 0 aromatic rings. The van der Waals surface area contributed by atoms with Gasteiger partial charge in [0.05, 0.1) is 24.5 Å². The molecule has 6 bridgehead atoms. The number of hydrogen-bond donors (Lipinski definition) is 0. The Morgan fingerprint density at radius 3 is 1.90 bits per heavy atom. The summed E-state index contributed by atoms with van der Waals surface area (Å²) in [6.07, 6.45) is 13.0. The summed E-state index contributed by atoms with van der Waals surface area (Å²) >= 11 is 0. The molecule has 0 N–H and O–H groups in total. The predicted molar refractivity (Wildman–Crippen MR) is 118 cm³/mol. The molecule has 0 heterocycles. The molecule has 6 fully saturated rings. The number of rotatable bonds is 6. The van der Waals surface area contributed by atoms with Gasteiger partial charge in [-0.1, -0.05) is 13.3 Å². The first-order chi connectivity index (χ1) is 14.8. The summed E-state index contributed by atoms with van der Waals surface area (Å²) in [7, 11) is 1.42. The quantitative estimate of drug-likeness (QED) is 0.416. The normalized spacial score (nSPS) is 39.7. The standard InChI is InChI=1S/C19H28O3.C7H14O2/c20-19(17-9-11-1-2-14(17)4-11)22-10-21-18-15-5-12-3-13(7-15)8-16(18)6-12;1-5-7(2,3)6(8)9-4/h11-18H,1-10H2;5H2,1-4H3. The minimum Gasteiger partial charge on any atom is -0.469 e. The first kappa shape index (κ1) is 23.1. The summed E-state index contributed by atoms with van der Waals surface area (Å²) in [5, 5.41) is 0. The summed E-state index contributed by atoms with van der Waals surface area (Å²) in [5.74, 6) is 4.92. The highest BCUT2D eigenvalue weighted by Crippen LogP contribution is 2.54. The van der Waals surface area contributed by atoms with Crippen LogP contribution in [0.1, 0.15) is 85.0 Å². The summed E-state index contributed by atoms with van der Waals surface area (Å²) in [4.78, 5) is 23.1. The molecule has 0 spiro atoms. The lowest BCUT2D eigenvalue weighted by atomic mass is 9.55. The average molecular weight is 435 g/mol. The van der Waals surface area contributed by atoms with Gasteiger partial charge in [-0.05, 0) is 107 Å². The monoisotopic (exact) mass is 434 g/mol. The van der Waals surface area contributed by atoms with Crippen LogP contribution in [-0.2, 0) is 23.8 Å². The molecule has 6 rings (SSSR count). The summed E-state index contributed by atoms with van der Waals surface area (Å²) in [5.41, 5.74) is -0.311. The molecule has 3 atom stereocenters. The topological polar surface area (TPSA) is 61.8 Å². The molecule has 0 amide bonds. The molecule has 6 saturated carbocycles. The van der Waals surface area contributed by atoms with Gasteiger partial charge in [-0.15, -0.1) is 0 Å². The van der Waals surface area contributed by atoms with Crippen LogP contribution in [-0.4, -0.2) is 31.9 Å². The van der Waals surface area contributed by atoms with Crippen LogP contribution < -0.4 is 0 Å². The number of carbonyl (C=O) groups is 2. The Labute approximate surface area is 188 Å². The van der Waals surface area contributed by atoms with Crippen molar-refractivity contribution in [2.45, 2.75) is 91.1 Å². The van der Waals surface area contributed by atoms with E-state index in [0.29, 0.717) is 12.0 Å². The van der Waals surface area contributed by atoms with Crippen molar-refractivity contribution in [3.05, 3.63) is 0 Å². The Balaban J connectivity index is 0.000000221. The summed E-state index contributed by atoms with van der Waals surface area (Å²) < 4.78 is 16.2. The largest absolute Gasteiger partial charge is 0.469 e. The van der Waals surface area contributed by atoms with Crippen molar-refractivity contribution in [3.63, 3.8) is 0 Å². The van der Waals surface area contributed by atoms with Crippen molar-refractivity contribution < 1.29 is 23.8 Å². The highest BCUT2D eigenvalue weighted by Gasteiger charge is 2.49. The van der Waals surface area contributed by atoms with E-state index in [-0.39, 0.29) is 30.1 Å². The number of ether oxygens (including phenoxy) is 3. The molecule has 0 aliphatic heterocycles. The first-order valence-electron chi connectivity index (χ1n) is 12.7. The van der Waals surface area contributed by atoms with E-state index in [1.54, 1.807) is 0 Å². The number of hydrogen-bond acceptors (Lipinski definition) is 5. The maximum Gasteiger partial charge on any atom is 0.311 e. The van der Waals surface area contributed by atoms with Crippen LogP contribution in [0.2, 0.25) is 0 Å². The van der Waals surface area contributed by atoms with E-state index in [1.165, 1.54) is 58.5 Å². The lowest BCUT2D eigenvalue weighted by Gasteiger charge is -2.53. The second-order valence-electron chi connectivity index (χ2n) is 11.7. The van der Waals surface area contributed by atoms with Crippen molar-refractivity contribution in [2.24, 2.45) is 46.8 Å². The molecule has 6 aliphatic carbocycles. The zero-order valence-electron chi connectivity index (χ0n) is 19.9. The third kappa shape index (κ3) is 4.96. The van der Waals surface area contributed by atoms with Gasteiger partial charge in [-0.2, -0.15) is 0 Å².